The predicted molar refractivity (Wildman–Crippen MR) is 62.7 cm³/mol. The normalized spacial score (nSPS) is 15.9. The van der Waals surface area contributed by atoms with E-state index in [1.807, 2.05) is 6.92 Å². The van der Waals surface area contributed by atoms with Gasteiger partial charge in [-0.1, -0.05) is 41.9 Å². The number of hydrogen-bond acceptors (Lipinski definition) is 0. The van der Waals surface area contributed by atoms with Gasteiger partial charge in [0.25, 0.3) is 0 Å². The smallest absolute Gasteiger partial charge is 0.166 e. The van der Waals surface area contributed by atoms with Crippen LogP contribution >= 0.6 is 15.9 Å². The summed E-state index contributed by atoms with van der Waals surface area (Å²) in [5.74, 6) is 0.400. The van der Waals surface area contributed by atoms with Crippen molar-refractivity contribution in [2.75, 3.05) is 0 Å². The molecule has 0 N–H and O–H groups in total. The molecule has 0 bridgehead atoms. The van der Waals surface area contributed by atoms with Crippen molar-refractivity contribution in [3.05, 3.63) is 35.4 Å². The Morgan fingerprint density at radius 1 is 1.12 bits per heavy atom. The lowest BCUT2D eigenvalue weighted by atomic mass is 9.98. The van der Waals surface area contributed by atoms with E-state index in [-0.39, 0.29) is 0 Å². The minimum Gasteiger partial charge on any atom is -0.166 e. The second-order valence-electron chi connectivity index (χ2n) is 4.05. The van der Waals surface area contributed by atoms with Gasteiger partial charge in [-0.25, -0.2) is 0 Å². The van der Waals surface area contributed by atoms with Gasteiger partial charge in [0.1, 0.15) is 0 Å². The molecule has 0 aliphatic rings. The van der Waals surface area contributed by atoms with Crippen LogP contribution < -0.4 is 0 Å². The zero-order valence-electron chi connectivity index (χ0n) is 9.18. The lowest BCUT2D eigenvalue weighted by Crippen LogP contribution is -2.10. The minimum absolute atomic E-state index is 0.356. The highest BCUT2D eigenvalue weighted by Gasteiger charge is 2.29. The summed E-state index contributed by atoms with van der Waals surface area (Å²) < 4.78 is 36.9. The van der Waals surface area contributed by atoms with E-state index in [2.05, 4.69) is 22.9 Å². The highest BCUT2D eigenvalue weighted by Crippen LogP contribution is 2.29. The van der Waals surface area contributed by atoms with Crippen molar-refractivity contribution in [1.29, 1.82) is 0 Å². The summed E-state index contributed by atoms with van der Waals surface area (Å²) in [4.78, 5) is 0.356. The fourth-order valence-corrected chi connectivity index (χ4v) is 1.55. The van der Waals surface area contributed by atoms with Crippen LogP contribution in [0.2, 0.25) is 0 Å². The molecule has 0 aliphatic heterocycles. The Morgan fingerprint density at radius 3 is 2.00 bits per heavy atom. The molecule has 0 fully saturated rings. The van der Waals surface area contributed by atoms with Crippen molar-refractivity contribution in [2.45, 2.75) is 31.3 Å². The lowest BCUT2D eigenvalue weighted by Gasteiger charge is -2.14. The van der Waals surface area contributed by atoms with Gasteiger partial charge in [-0.05, 0) is 30.0 Å². The van der Waals surface area contributed by atoms with Crippen LogP contribution in [0.3, 0.4) is 0 Å². The van der Waals surface area contributed by atoms with Crippen LogP contribution in [-0.2, 0) is 12.6 Å². The molecule has 2 unspecified atom stereocenters. The highest BCUT2D eigenvalue weighted by molar-refractivity contribution is 9.09. The third kappa shape index (κ3) is 3.81. The highest BCUT2D eigenvalue weighted by atomic mass is 79.9. The molecule has 0 amide bonds. The Kier molecular flexibility index (Phi) is 4.42. The molecule has 4 heteroatoms. The number of alkyl halides is 4. The molecular formula is C12H14BrF3. The van der Waals surface area contributed by atoms with Crippen LogP contribution in [0.25, 0.3) is 0 Å². The van der Waals surface area contributed by atoms with E-state index in [1.165, 1.54) is 0 Å². The van der Waals surface area contributed by atoms with Gasteiger partial charge >= 0.3 is 6.18 Å². The van der Waals surface area contributed by atoms with Gasteiger partial charge in [0.05, 0.1) is 5.56 Å². The van der Waals surface area contributed by atoms with Crippen LogP contribution in [0.5, 0.6) is 0 Å². The van der Waals surface area contributed by atoms with Gasteiger partial charge < -0.3 is 0 Å². The van der Waals surface area contributed by atoms with Crippen LogP contribution in [0.1, 0.15) is 25.0 Å². The summed E-state index contributed by atoms with van der Waals surface area (Å²) in [6.45, 7) is 4.10. The molecule has 1 aromatic rings. The van der Waals surface area contributed by atoms with Crippen molar-refractivity contribution in [3.63, 3.8) is 0 Å². The number of rotatable bonds is 3. The van der Waals surface area contributed by atoms with E-state index < -0.39 is 11.7 Å². The van der Waals surface area contributed by atoms with E-state index in [0.717, 1.165) is 24.1 Å². The number of benzene rings is 1. The molecule has 0 heterocycles. The van der Waals surface area contributed by atoms with Gasteiger partial charge in [0.2, 0.25) is 0 Å². The molecule has 0 aromatic heterocycles. The monoisotopic (exact) mass is 294 g/mol. The Morgan fingerprint density at radius 2 is 1.62 bits per heavy atom. The maximum atomic E-state index is 12.3. The molecule has 0 spiro atoms. The van der Waals surface area contributed by atoms with Crippen LogP contribution in [0.4, 0.5) is 13.2 Å². The zero-order chi connectivity index (χ0) is 12.3. The Balaban J connectivity index is 2.72. The molecule has 0 nitrogen and oxygen atoms in total. The Hall–Kier alpha value is -0.510. The molecule has 16 heavy (non-hydrogen) atoms. The molecule has 2 atom stereocenters. The van der Waals surface area contributed by atoms with Gasteiger partial charge in [0.15, 0.2) is 0 Å². The zero-order valence-corrected chi connectivity index (χ0v) is 10.8. The van der Waals surface area contributed by atoms with E-state index in [1.54, 1.807) is 12.1 Å². The van der Waals surface area contributed by atoms with Gasteiger partial charge in [-0.3, -0.25) is 0 Å². The average Bonchev–Trinajstić information content (AvgIpc) is 2.17. The number of halogens is 4. The summed E-state index contributed by atoms with van der Waals surface area (Å²) in [5.41, 5.74) is 0.350. The summed E-state index contributed by atoms with van der Waals surface area (Å²) in [6.07, 6.45) is -3.46. The Labute approximate surface area is 102 Å². The molecular weight excluding hydrogens is 281 g/mol. The van der Waals surface area contributed by atoms with Gasteiger partial charge in [0, 0.05) is 4.83 Å². The van der Waals surface area contributed by atoms with E-state index in [4.69, 9.17) is 0 Å². The van der Waals surface area contributed by atoms with E-state index >= 15 is 0 Å². The maximum absolute atomic E-state index is 12.3. The van der Waals surface area contributed by atoms with E-state index in [0.29, 0.717) is 10.7 Å². The molecule has 0 radical (unpaired) electrons. The van der Waals surface area contributed by atoms with E-state index in [9.17, 15) is 13.2 Å². The van der Waals surface area contributed by atoms with Crippen molar-refractivity contribution in [1.82, 2.24) is 0 Å². The van der Waals surface area contributed by atoms with Crippen LogP contribution in [0, 0.1) is 5.92 Å². The van der Waals surface area contributed by atoms with Crippen molar-refractivity contribution >= 4 is 15.9 Å². The third-order valence-corrected chi connectivity index (χ3v) is 3.53. The van der Waals surface area contributed by atoms with Crippen LogP contribution in [-0.4, -0.2) is 4.83 Å². The average molecular weight is 295 g/mol. The molecule has 1 aromatic carbocycles. The topological polar surface area (TPSA) is 0 Å². The summed E-state index contributed by atoms with van der Waals surface area (Å²) in [5, 5.41) is 0. The quantitative estimate of drug-likeness (QED) is 0.711. The lowest BCUT2D eigenvalue weighted by molar-refractivity contribution is -0.137. The molecule has 0 aliphatic carbocycles. The SMILES string of the molecule is CC(Br)C(C)Cc1ccc(C(F)(F)F)cc1. The first-order chi connectivity index (χ1) is 7.30. The van der Waals surface area contributed by atoms with Crippen molar-refractivity contribution in [3.8, 4) is 0 Å². The van der Waals surface area contributed by atoms with Gasteiger partial charge in [-0.2, -0.15) is 13.2 Å². The molecule has 1 rings (SSSR count). The van der Waals surface area contributed by atoms with Crippen molar-refractivity contribution < 1.29 is 13.2 Å². The summed E-state index contributed by atoms with van der Waals surface area (Å²) in [6, 6.07) is 5.38. The first-order valence-electron chi connectivity index (χ1n) is 5.11. The molecule has 0 saturated carbocycles. The standard InChI is InChI=1S/C12H14BrF3/c1-8(9(2)13)7-10-3-5-11(6-4-10)12(14,15)16/h3-6,8-9H,7H2,1-2H3. The second-order valence-corrected chi connectivity index (χ2v) is 5.50. The first kappa shape index (κ1) is 13.6. The summed E-state index contributed by atoms with van der Waals surface area (Å²) >= 11 is 3.46. The first-order valence-corrected chi connectivity index (χ1v) is 6.02. The fourth-order valence-electron chi connectivity index (χ4n) is 1.36. The van der Waals surface area contributed by atoms with Crippen LogP contribution in [0.15, 0.2) is 24.3 Å². The summed E-state index contributed by atoms with van der Waals surface area (Å²) in [7, 11) is 0. The minimum atomic E-state index is -4.24. The maximum Gasteiger partial charge on any atom is 0.416 e. The molecule has 90 valence electrons. The van der Waals surface area contributed by atoms with Gasteiger partial charge in [-0.15, -0.1) is 0 Å². The fraction of sp³-hybridized carbons (Fsp3) is 0.500. The third-order valence-electron chi connectivity index (χ3n) is 2.62. The molecule has 0 saturated heterocycles. The number of hydrogen-bond donors (Lipinski definition) is 0. The van der Waals surface area contributed by atoms with Crippen molar-refractivity contribution in [2.24, 2.45) is 5.92 Å². The Bertz CT molecular complexity index is 327. The second kappa shape index (κ2) is 5.21. The predicted octanol–water partition coefficient (Wildman–Crippen LogP) is 4.67. The largest absolute Gasteiger partial charge is 0.416 e.